The Morgan fingerprint density at radius 2 is 2.27 bits per heavy atom. The van der Waals surface area contributed by atoms with Crippen molar-refractivity contribution in [3.05, 3.63) is 17.7 Å². The molecule has 0 bridgehead atoms. The van der Waals surface area contributed by atoms with E-state index in [0.717, 1.165) is 37.9 Å². The van der Waals surface area contributed by atoms with Gasteiger partial charge in [0, 0.05) is 31.7 Å². The first-order valence-corrected chi connectivity index (χ1v) is 5.92. The molecular formula is C12H21N3. The summed E-state index contributed by atoms with van der Waals surface area (Å²) in [5, 5.41) is 3.35. The van der Waals surface area contributed by atoms with Crippen molar-refractivity contribution in [2.24, 2.45) is 11.8 Å². The van der Waals surface area contributed by atoms with Crippen LogP contribution in [0.4, 0.5) is 0 Å². The molecule has 1 N–H and O–H groups in total. The molecule has 0 spiro atoms. The smallest absolute Gasteiger partial charge is 0.0952 e. The molecule has 0 aliphatic carbocycles. The summed E-state index contributed by atoms with van der Waals surface area (Å²) in [6.07, 6.45) is 3.14. The van der Waals surface area contributed by atoms with E-state index in [1.165, 1.54) is 11.4 Å². The number of hydrogen-bond donors (Lipinski definition) is 1. The minimum atomic E-state index is 0.721. The molecule has 0 saturated heterocycles. The number of hydrogen-bond acceptors (Lipinski definition) is 2. The van der Waals surface area contributed by atoms with E-state index in [1.54, 1.807) is 0 Å². The molecule has 3 heteroatoms. The molecule has 1 aromatic heterocycles. The fourth-order valence-electron chi connectivity index (χ4n) is 1.98. The quantitative estimate of drug-likeness (QED) is 0.819. The number of aromatic nitrogens is 2. The molecule has 1 aromatic rings. The number of nitrogens with zero attached hydrogens (tertiary/aromatic N) is 2. The topological polar surface area (TPSA) is 29.9 Å². The highest BCUT2D eigenvalue weighted by Gasteiger charge is 2.16. The van der Waals surface area contributed by atoms with Crippen molar-refractivity contribution in [2.45, 2.75) is 40.3 Å². The molecule has 3 nitrogen and oxygen atoms in total. The molecular weight excluding hydrogens is 186 g/mol. The Morgan fingerprint density at radius 3 is 3.00 bits per heavy atom. The number of fused-ring (bicyclic) bond motifs is 1. The van der Waals surface area contributed by atoms with Gasteiger partial charge >= 0.3 is 0 Å². The first-order valence-electron chi connectivity index (χ1n) is 5.92. The van der Waals surface area contributed by atoms with Crippen molar-refractivity contribution in [1.82, 2.24) is 14.9 Å². The van der Waals surface area contributed by atoms with Crippen molar-refractivity contribution in [2.75, 3.05) is 6.54 Å². The third-order valence-electron chi connectivity index (χ3n) is 3.49. The lowest BCUT2D eigenvalue weighted by Crippen LogP contribution is -2.26. The second kappa shape index (κ2) is 4.35. The van der Waals surface area contributed by atoms with E-state index < -0.39 is 0 Å². The normalized spacial score (nSPS) is 17.9. The highest BCUT2D eigenvalue weighted by Crippen LogP contribution is 2.17. The minimum Gasteiger partial charge on any atom is -0.334 e. The molecule has 1 unspecified atom stereocenters. The third kappa shape index (κ3) is 2.23. The maximum atomic E-state index is 4.47. The fraction of sp³-hybridized carbons (Fsp3) is 0.750. The van der Waals surface area contributed by atoms with Gasteiger partial charge in [0.1, 0.15) is 0 Å². The lowest BCUT2D eigenvalue weighted by molar-refractivity contribution is 0.359. The average Bonchev–Trinajstić information content (AvgIpc) is 2.62. The molecule has 0 radical (unpaired) electrons. The number of rotatable bonds is 3. The van der Waals surface area contributed by atoms with Crippen LogP contribution in [-0.2, 0) is 19.5 Å². The number of imidazole rings is 1. The Kier molecular flexibility index (Phi) is 3.10. The van der Waals surface area contributed by atoms with Crippen molar-refractivity contribution in [3.8, 4) is 0 Å². The summed E-state index contributed by atoms with van der Waals surface area (Å²) in [5.41, 5.74) is 2.69. The van der Waals surface area contributed by atoms with Gasteiger partial charge in [-0.25, -0.2) is 4.98 Å². The van der Waals surface area contributed by atoms with Gasteiger partial charge in [0.25, 0.3) is 0 Å². The molecule has 0 amide bonds. The molecule has 15 heavy (non-hydrogen) atoms. The Bertz CT molecular complexity index is 328. The van der Waals surface area contributed by atoms with Gasteiger partial charge in [0.2, 0.25) is 0 Å². The third-order valence-corrected chi connectivity index (χ3v) is 3.49. The van der Waals surface area contributed by atoms with Gasteiger partial charge in [-0.05, 0) is 11.8 Å². The first-order chi connectivity index (χ1) is 7.18. The van der Waals surface area contributed by atoms with Gasteiger partial charge in [0.05, 0.1) is 12.0 Å². The molecule has 0 aromatic carbocycles. The molecule has 0 fully saturated rings. The molecule has 1 aliphatic heterocycles. The van der Waals surface area contributed by atoms with E-state index in [0.29, 0.717) is 0 Å². The standard InChI is InChI=1S/C12H21N3/c1-9(2)10(3)7-15-8-14-11-6-13-5-4-12(11)15/h8-10,13H,4-7H2,1-3H3. The van der Waals surface area contributed by atoms with Crippen LogP contribution < -0.4 is 5.32 Å². The maximum Gasteiger partial charge on any atom is 0.0952 e. The van der Waals surface area contributed by atoms with Gasteiger partial charge < -0.3 is 9.88 Å². The van der Waals surface area contributed by atoms with Crippen LogP contribution in [0.3, 0.4) is 0 Å². The largest absolute Gasteiger partial charge is 0.334 e. The van der Waals surface area contributed by atoms with Crippen LogP contribution in [0.25, 0.3) is 0 Å². The zero-order valence-corrected chi connectivity index (χ0v) is 9.95. The lowest BCUT2D eigenvalue weighted by Gasteiger charge is -2.20. The summed E-state index contributed by atoms with van der Waals surface area (Å²) in [4.78, 5) is 4.47. The van der Waals surface area contributed by atoms with Crippen LogP contribution in [0.5, 0.6) is 0 Å². The van der Waals surface area contributed by atoms with E-state index in [2.05, 4.69) is 35.6 Å². The monoisotopic (exact) mass is 207 g/mol. The van der Waals surface area contributed by atoms with E-state index in [4.69, 9.17) is 0 Å². The summed E-state index contributed by atoms with van der Waals surface area (Å²) in [5.74, 6) is 1.46. The summed E-state index contributed by atoms with van der Waals surface area (Å²) in [6, 6.07) is 0. The van der Waals surface area contributed by atoms with E-state index >= 15 is 0 Å². The van der Waals surface area contributed by atoms with Crippen molar-refractivity contribution in [1.29, 1.82) is 0 Å². The van der Waals surface area contributed by atoms with E-state index in [9.17, 15) is 0 Å². The zero-order valence-electron chi connectivity index (χ0n) is 9.95. The molecule has 1 aliphatic rings. The van der Waals surface area contributed by atoms with Gasteiger partial charge in [-0.1, -0.05) is 20.8 Å². The average molecular weight is 207 g/mol. The molecule has 0 saturated carbocycles. The van der Waals surface area contributed by atoms with Crippen LogP contribution in [0.2, 0.25) is 0 Å². The summed E-state index contributed by atoms with van der Waals surface area (Å²) >= 11 is 0. The van der Waals surface area contributed by atoms with Crippen LogP contribution in [-0.4, -0.2) is 16.1 Å². The summed E-state index contributed by atoms with van der Waals surface area (Å²) in [6.45, 7) is 10.0. The highest BCUT2D eigenvalue weighted by molar-refractivity contribution is 5.16. The Balaban J connectivity index is 2.11. The van der Waals surface area contributed by atoms with Crippen LogP contribution >= 0.6 is 0 Å². The van der Waals surface area contributed by atoms with Gasteiger partial charge in [-0.3, -0.25) is 0 Å². The lowest BCUT2D eigenvalue weighted by atomic mass is 9.98. The van der Waals surface area contributed by atoms with Crippen molar-refractivity contribution >= 4 is 0 Å². The minimum absolute atomic E-state index is 0.721. The molecule has 1 atom stereocenters. The summed E-state index contributed by atoms with van der Waals surface area (Å²) in [7, 11) is 0. The first kappa shape index (κ1) is 10.7. The predicted molar refractivity (Wildman–Crippen MR) is 61.6 cm³/mol. The second-order valence-corrected chi connectivity index (χ2v) is 4.94. The molecule has 2 rings (SSSR count). The van der Waals surface area contributed by atoms with Crippen molar-refractivity contribution in [3.63, 3.8) is 0 Å². The SMILES string of the molecule is CC(C)C(C)Cn1cnc2c1CCNC2. The van der Waals surface area contributed by atoms with Gasteiger partial charge in [0.15, 0.2) is 0 Å². The van der Waals surface area contributed by atoms with Crippen LogP contribution in [0.15, 0.2) is 6.33 Å². The summed E-state index contributed by atoms with van der Waals surface area (Å²) < 4.78 is 2.35. The number of nitrogens with one attached hydrogen (secondary N) is 1. The second-order valence-electron chi connectivity index (χ2n) is 4.94. The zero-order chi connectivity index (χ0) is 10.8. The van der Waals surface area contributed by atoms with E-state index in [-0.39, 0.29) is 0 Å². The maximum absolute atomic E-state index is 4.47. The van der Waals surface area contributed by atoms with E-state index in [1.807, 2.05) is 6.33 Å². The Hall–Kier alpha value is -0.830. The predicted octanol–water partition coefficient (Wildman–Crippen LogP) is 1.82. The van der Waals surface area contributed by atoms with Crippen LogP contribution in [0.1, 0.15) is 32.2 Å². The Morgan fingerprint density at radius 1 is 1.47 bits per heavy atom. The Labute approximate surface area is 91.9 Å². The van der Waals surface area contributed by atoms with Crippen molar-refractivity contribution < 1.29 is 0 Å². The molecule has 84 valence electrons. The molecule has 2 heterocycles. The fourth-order valence-corrected chi connectivity index (χ4v) is 1.98. The van der Waals surface area contributed by atoms with Crippen LogP contribution in [0, 0.1) is 11.8 Å². The van der Waals surface area contributed by atoms with Gasteiger partial charge in [-0.15, -0.1) is 0 Å². The van der Waals surface area contributed by atoms with Gasteiger partial charge in [-0.2, -0.15) is 0 Å². The highest BCUT2D eigenvalue weighted by atomic mass is 15.1.